The minimum absolute atomic E-state index is 0.0896. The fraction of sp³-hybridized carbons (Fsp3) is 0.833. The first-order valence-corrected chi connectivity index (χ1v) is 6.47. The lowest BCUT2D eigenvalue weighted by Crippen LogP contribution is -2.45. The van der Waals surface area contributed by atoms with Gasteiger partial charge in [-0.05, 0) is 20.3 Å². The van der Waals surface area contributed by atoms with Crippen LogP contribution in [-0.4, -0.2) is 46.2 Å². The molecule has 5 nitrogen and oxygen atoms in total. The molecule has 2 unspecified atom stereocenters. The molecule has 2 rings (SSSR count). The van der Waals surface area contributed by atoms with Crippen molar-refractivity contribution in [1.29, 1.82) is 0 Å². The Hall–Kier alpha value is -1.01. The minimum Gasteiger partial charge on any atom is -0.379 e. The molecule has 0 aromatic carbocycles. The van der Waals surface area contributed by atoms with Crippen LogP contribution in [-0.2, 0) is 17.7 Å². The fourth-order valence-electron chi connectivity index (χ4n) is 2.36. The lowest BCUT2D eigenvalue weighted by molar-refractivity contribution is 0.0475. The minimum atomic E-state index is -1.29. The Morgan fingerprint density at radius 3 is 3.17 bits per heavy atom. The number of hydrogen-bond acceptors (Lipinski definition) is 4. The molecule has 0 aliphatic carbocycles. The highest BCUT2D eigenvalue weighted by atomic mass is 19.1. The maximum Gasteiger partial charge on any atom is 0.138 e. The van der Waals surface area contributed by atoms with Crippen LogP contribution in [0.25, 0.3) is 0 Å². The van der Waals surface area contributed by atoms with Crippen LogP contribution in [0, 0.1) is 0 Å². The number of nitrogens with one attached hydrogen (secondary N) is 1. The van der Waals surface area contributed by atoms with Gasteiger partial charge in [-0.2, -0.15) is 5.10 Å². The van der Waals surface area contributed by atoms with Gasteiger partial charge in [0.1, 0.15) is 17.8 Å². The van der Waals surface area contributed by atoms with E-state index in [-0.39, 0.29) is 6.04 Å². The summed E-state index contributed by atoms with van der Waals surface area (Å²) in [4.78, 5) is 4.13. The summed E-state index contributed by atoms with van der Waals surface area (Å²) in [6.45, 7) is 6.41. The molecule has 102 valence electrons. The summed E-state index contributed by atoms with van der Waals surface area (Å²) in [6.07, 6.45) is 2.21. The summed E-state index contributed by atoms with van der Waals surface area (Å²) >= 11 is 0. The second-order valence-corrected chi connectivity index (χ2v) is 5.01. The second kappa shape index (κ2) is 5.75. The maximum atomic E-state index is 14.6. The summed E-state index contributed by atoms with van der Waals surface area (Å²) < 4.78 is 21.7. The normalized spacial score (nSPS) is 23.8. The highest BCUT2D eigenvalue weighted by Gasteiger charge is 2.30. The van der Waals surface area contributed by atoms with Gasteiger partial charge in [-0.25, -0.2) is 9.37 Å². The smallest absolute Gasteiger partial charge is 0.138 e. The van der Waals surface area contributed by atoms with Gasteiger partial charge in [0.25, 0.3) is 0 Å². The van der Waals surface area contributed by atoms with E-state index in [0.29, 0.717) is 31.9 Å². The largest absolute Gasteiger partial charge is 0.379 e. The van der Waals surface area contributed by atoms with E-state index in [2.05, 4.69) is 15.4 Å². The van der Waals surface area contributed by atoms with Crippen LogP contribution in [0.4, 0.5) is 4.39 Å². The van der Waals surface area contributed by atoms with E-state index in [0.717, 1.165) is 13.1 Å². The molecule has 1 aromatic rings. The van der Waals surface area contributed by atoms with Crippen LogP contribution in [0.15, 0.2) is 6.33 Å². The average Bonchev–Trinajstić information content (AvgIpc) is 2.76. The van der Waals surface area contributed by atoms with Gasteiger partial charge in [-0.1, -0.05) is 0 Å². The third kappa shape index (κ3) is 3.49. The number of aryl methyl sites for hydroxylation is 1. The molecule has 1 fully saturated rings. The van der Waals surface area contributed by atoms with E-state index in [9.17, 15) is 4.39 Å². The predicted octanol–water partition coefficient (Wildman–Crippen LogP) is 0.947. The molecule has 6 heteroatoms. The molecule has 1 N–H and O–H groups in total. The number of ether oxygens (including phenoxy) is 1. The molecular weight excluding hydrogens is 235 g/mol. The lowest BCUT2D eigenvalue weighted by Gasteiger charge is -2.29. The number of morpholine rings is 1. The highest BCUT2D eigenvalue weighted by Crippen LogP contribution is 2.23. The first-order chi connectivity index (χ1) is 8.61. The zero-order valence-corrected chi connectivity index (χ0v) is 11.0. The first kappa shape index (κ1) is 13.4. The van der Waals surface area contributed by atoms with Crippen LogP contribution < -0.4 is 5.32 Å². The van der Waals surface area contributed by atoms with Crippen molar-refractivity contribution >= 4 is 0 Å². The van der Waals surface area contributed by atoms with Gasteiger partial charge in [0.2, 0.25) is 0 Å². The monoisotopic (exact) mass is 256 g/mol. The van der Waals surface area contributed by atoms with Gasteiger partial charge in [0, 0.05) is 25.6 Å². The summed E-state index contributed by atoms with van der Waals surface area (Å²) in [6, 6.07) is 0.0896. The van der Waals surface area contributed by atoms with Gasteiger partial charge in [-0.3, -0.25) is 4.68 Å². The molecule has 1 aromatic heterocycles. The Bertz CT molecular complexity index is 374. The summed E-state index contributed by atoms with van der Waals surface area (Å²) in [7, 11) is 0. The van der Waals surface area contributed by atoms with Crippen molar-refractivity contribution in [2.45, 2.75) is 44.9 Å². The number of aromatic nitrogens is 3. The van der Waals surface area contributed by atoms with E-state index in [1.165, 1.54) is 6.33 Å². The van der Waals surface area contributed by atoms with Crippen molar-refractivity contribution in [2.75, 3.05) is 19.8 Å². The third-order valence-electron chi connectivity index (χ3n) is 3.19. The number of halogens is 1. The van der Waals surface area contributed by atoms with Crippen molar-refractivity contribution in [3.8, 4) is 0 Å². The quantitative estimate of drug-likeness (QED) is 0.852. The summed E-state index contributed by atoms with van der Waals surface area (Å²) in [5, 5.41) is 7.34. The van der Waals surface area contributed by atoms with Crippen molar-refractivity contribution in [3.05, 3.63) is 12.2 Å². The SMILES string of the molecule is CCn1ncnc1CC(C)(F)CC1COCCN1. The second-order valence-electron chi connectivity index (χ2n) is 5.01. The van der Waals surface area contributed by atoms with Crippen LogP contribution in [0.2, 0.25) is 0 Å². The molecule has 1 aliphatic rings. The molecule has 0 bridgehead atoms. The number of alkyl halides is 1. The van der Waals surface area contributed by atoms with Gasteiger partial charge in [0.15, 0.2) is 0 Å². The Balaban J connectivity index is 1.93. The van der Waals surface area contributed by atoms with Crippen molar-refractivity contribution in [3.63, 3.8) is 0 Å². The topological polar surface area (TPSA) is 52.0 Å². The molecule has 1 saturated heterocycles. The summed E-state index contributed by atoms with van der Waals surface area (Å²) in [5.74, 6) is 0.708. The standard InChI is InChI=1S/C12H21FN4O/c1-3-17-11(15-9-16-17)7-12(2,13)6-10-8-18-5-4-14-10/h9-10,14H,3-8H2,1-2H3. The molecule has 0 radical (unpaired) electrons. The zero-order valence-electron chi connectivity index (χ0n) is 11.0. The van der Waals surface area contributed by atoms with Crippen LogP contribution in [0.5, 0.6) is 0 Å². The number of hydrogen-bond donors (Lipinski definition) is 1. The number of rotatable bonds is 5. The lowest BCUT2D eigenvalue weighted by atomic mass is 9.94. The molecular formula is C12H21FN4O. The molecule has 0 saturated carbocycles. The molecule has 2 heterocycles. The third-order valence-corrected chi connectivity index (χ3v) is 3.19. The van der Waals surface area contributed by atoms with Gasteiger partial charge in [-0.15, -0.1) is 0 Å². The molecule has 1 aliphatic heterocycles. The average molecular weight is 256 g/mol. The van der Waals surface area contributed by atoms with E-state index < -0.39 is 5.67 Å². The van der Waals surface area contributed by atoms with E-state index in [1.807, 2.05) is 6.92 Å². The first-order valence-electron chi connectivity index (χ1n) is 6.47. The van der Waals surface area contributed by atoms with E-state index in [1.54, 1.807) is 11.6 Å². The Labute approximate surface area is 107 Å². The Morgan fingerprint density at radius 2 is 2.50 bits per heavy atom. The molecule has 0 spiro atoms. The van der Waals surface area contributed by atoms with Crippen molar-refractivity contribution in [2.24, 2.45) is 0 Å². The van der Waals surface area contributed by atoms with Crippen molar-refractivity contribution < 1.29 is 9.13 Å². The zero-order chi connectivity index (χ0) is 13.0. The number of nitrogens with zero attached hydrogens (tertiary/aromatic N) is 3. The molecule has 2 atom stereocenters. The maximum absolute atomic E-state index is 14.6. The molecule has 18 heavy (non-hydrogen) atoms. The van der Waals surface area contributed by atoms with Gasteiger partial charge >= 0.3 is 0 Å². The predicted molar refractivity (Wildman–Crippen MR) is 66.1 cm³/mol. The fourth-order valence-corrected chi connectivity index (χ4v) is 2.36. The van der Waals surface area contributed by atoms with Crippen LogP contribution in [0.1, 0.15) is 26.1 Å². The van der Waals surface area contributed by atoms with Gasteiger partial charge < -0.3 is 10.1 Å². The highest BCUT2D eigenvalue weighted by molar-refractivity contribution is 4.95. The van der Waals surface area contributed by atoms with E-state index in [4.69, 9.17) is 4.74 Å². The van der Waals surface area contributed by atoms with E-state index >= 15 is 0 Å². The van der Waals surface area contributed by atoms with Crippen molar-refractivity contribution in [1.82, 2.24) is 20.1 Å². The molecule has 0 amide bonds. The Morgan fingerprint density at radius 1 is 1.67 bits per heavy atom. The Kier molecular flexibility index (Phi) is 4.29. The summed E-state index contributed by atoms with van der Waals surface area (Å²) in [5.41, 5.74) is -1.29. The van der Waals surface area contributed by atoms with Crippen LogP contribution >= 0.6 is 0 Å². The van der Waals surface area contributed by atoms with Gasteiger partial charge in [0.05, 0.1) is 13.2 Å². The van der Waals surface area contributed by atoms with Crippen LogP contribution in [0.3, 0.4) is 0 Å².